The van der Waals surface area contributed by atoms with Gasteiger partial charge >= 0.3 is 0 Å². The molecule has 1 saturated carbocycles. The van der Waals surface area contributed by atoms with Crippen LogP contribution in [-0.4, -0.2) is 16.1 Å². The summed E-state index contributed by atoms with van der Waals surface area (Å²) in [7, 11) is 0. The summed E-state index contributed by atoms with van der Waals surface area (Å²) in [6.45, 7) is 0. The van der Waals surface area contributed by atoms with Crippen LogP contribution in [0.4, 0.5) is 15.8 Å². The number of hydrogen-bond donors (Lipinski definition) is 2. The summed E-state index contributed by atoms with van der Waals surface area (Å²) in [6.07, 6.45) is 0. The average molecular weight is 572 g/mol. The van der Waals surface area contributed by atoms with Crippen molar-refractivity contribution in [2.75, 3.05) is 10.6 Å². The number of nitriles is 1. The van der Waals surface area contributed by atoms with Crippen LogP contribution in [0.1, 0.15) is 27.4 Å². The zero-order valence-corrected chi connectivity index (χ0v) is 21.2. The van der Waals surface area contributed by atoms with Gasteiger partial charge in [-0.3, -0.25) is 9.59 Å². The minimum absolute atomic E-state index is 0.0120. The van der Waals surface area contributed by atoms with Crippen LogP contribution in [0, 0.1) is 23.1 Å². The lowest BCUT2D eigenvalue weighted by atomic mass is 10.1. The Bertz CT molecular complexity index is 1390. The van der Waals surface area contributed by atoms with Crippen LogP contribution >= 0.6 is 58.0 Å². The third-order valence-corrected chi connectivity index (χ3v) is 7.12. The first-order chi connectivity index (χ1) is 16.5. The van der Waals surface area contributed by atoms with Crippen LogP contribution < -0.4 is 10.6 Å². The van der Waals surface area contributed by atoms with Gasteiger partial charge in [0.05, 0.1) is 22.2 Å². The first-order valence-corrected chi connectivity index (χ1v) is 11.9. The van der Waals surface area contributed by atoms with Crippen molar-refractivity contribution in [2.24, 2.45) is 5.92 Å². The second-order valence-corrected chi connectivity index (χ2v) is 10.5. The van der Waals surface area contributed by atoms with Gasteiger partial charge in [0.2, 0.25) is 5.91 Å². The molecule has 0 bridgehead atoms. The van der Waals surface area contributed by atoms with Gasteiger partial charge in [0, 0.05) is 27.2 Å². The highest BCUT2D eigenvalue weighted by Crippen LogP contribution is 2.65. The Morgan fingerprint density at radius 2 is 1.63 bits per heavy atom. The van der Waals surface area contributed by atoms with Crippen molar-refractivity contribution < 1.29 is 14.0 Å². The molecule has 0 radical (unpaired) electrons. The molecule has 3 aromatic carbocycles. The van der Waals surface area contributed by atoms with Crippen molar-refractivity contribution in [1.29, 1.82) is 5.26 Å². The number of nitrogens with one attached hydrogen (secondary N) is 2. The monoisotopic (exact) mass is 569 g/mol. The SMILES string of the molecule is N#Cc1ccc(C(=O)Nc2cc(NC(=O)[C@H]3[C@H](c4cc(Cl)cc(Cl)c4)C3(Cl)Cl)ccc2Cl)cc1F. The Balaban J connectivity index is 1.50. The number of amides is 2. The Morgan fingerprint density at radius 3 is 2.26 bits per heavy atom. The molecular weight excluding hydrogens is 559 g/mol. The van der Waals surface area contributed by atoms with Crippen LogP contribution in [0.25, 0.3) is 0 Å². The van der Waals surface area contributed by atoms with E-state index in [0.717, 1.165) is 6.07 Å². The Labute approximate surface area is 224 Å². The maximum absolute atomic E-state index is 13.9. The molecule has 2 amide bonds. The van der Waals surface area contributed by atoms with Gasteiger partial charge in [0.25, 0.3) is 5.91 Å². The summed E-state index contributed by atoms with van der Waals surface area (Å²) in [5.74, 6) is -3.24. The Morgan fingerprint density at radius 1 is 0.943 bits per heavy atom. The quantitative estimate of drug-likeness (QED) is 0.313. The maximum atomic E-state index is 13.9. The second kappa shape index (κ2) is 9.85. The number of hydrogen-bond acceptors (Lipinski definition) is 3. The van der Waals surface area contributed by atoms with Crippen molar-refractivity contribution >= 4 is 81.2 Å². The summed E-state index contributed by atoms with van der Waals surface area (Å²) >= 11 is 31.1. The van der Waals surface area contributed by atoms with Crippen LogP contribution in [-0.2, 0) is 4.79 Å². The van der Waals surface area contributed by atoms with Crippen LogP contribution in [0.5, 0.6) is 0 Å². The van der Waals surface area contributed by atoms with E-state index >= 15 is 0 Å². The minimum Gasteiger partial charge on any atom is -0.326 e. The highest BCUT2D eigenvalue weighted by Gasteiger charge is 2.67. The molecule has 0 heterocycles. The molecule has 5 nitrogen and oxygen atoms in total. The fourth-order valence-corrected chi connectivity index (χ4v) is 5.22. The number of anilines is 2. The average Bonchev–Trinajstić information content (AvgIpc) is 3.37. The number of benzene rings is 3. The van der Waals surface area contributed by atoms with E-state index in [4.69, 9.17) is 63.3 Å². The fraction of sp³-hybridized carbons (Fsp3) is 0.125. The van der Waals surface area contributed by atoms with Crippen LogP contribution in [0.2, 0.25) is 15.1 Å². The first-order valence-electron chi connectivity index (χ1n) is 9.96. The zero-order valence-electron chi connectivity index (χ0n) is 17.4. The van der Waals surface area contributed by atoms with E-state index in [0.29, 0.717) is 21.3 Å². The van der Waals surface area contributed by atoms with Crippen molar-refractivity contribution in [1.82, 2.24) is 0 Å². The molecule has 11 heteroatoms. The summed E-state index contributed by atoms with van der Waals surface area (Å²) in [6, 6.07) is 14.4. The molecule has 0 aliphatic heterocycles. The lowest BCUT2D eigenvalue weighted by Gasteiger charge is -2.11. The number of alkyl halides is 2. The van der Waals surface area contributed by atoms with Gasteiger partial charge in [-0.1, -0.05) is 34.8 Å². The largest absolute Gasteiger partial charge is 0.326 e. The maximum Gasteiger partial charge on any atom is 0.255 e. The van der Waals surface area contributed by atoms with Crippen LogP contribution in [0.3, 0.4) is 0 Å². The number of rotatable bonds is 5. The van der Waals surface area contributed by atoms with Gasteiger partial charge in [-0.15, -0.1) is 23.2 Å². The molecule has 1 fully saturated rings. The Hall–Kier alpha value is -2.53. The van der Waals surface area contributed by atoms with E-state index in [1.54, 1.807) is 24.3 Å². The van der Waals surface area contributed by atoms with Crippen LogP contribution in [0.15, 0.2) is 54.6 Å². The molecule has 35 heavy (non-hydrogen) atoms. The van der Waals surface area contributed by atoms with E-state index in [1.165, 1.54) is 30.3 Å². The molecule has 178 valence electrons. The molecule has 1 aliphatic rings. The van der Waals surface area contributed by atoms with Gasteiger partial charge in [0.1, 0.15) is 16.2 Å². The molecule has 2 atom stereocenters. The lowest BCUT2D eigenvalue weighted by Crippen LogP contribution is -2.18. The molecular formula is C24H13Cl5FN3O2. The highest BCUT2D eigenvalue weighted by molar-refractivity contribution is 6.53. The molecule has 2 N–H and O–H groups in total. The lowest BCUT2D eigenvalue weighted by molar-refractivity contribution is -0.117. The van der Waals surface area contributed by atoms with Gasteiger partial charge in [-0.25, -0.2) is 4.39 Å². The van der Waals surface area contributed by atoms with E-state index in [9.17, 15) is 14.0 Å². The molecule has 4 rings (SSSR count). The fourth-order valence-electron chi connectivity index (χ4n) is 3.68. The predicted molar refractivity (Wildman–Crippen MR) is 136 cm³/mol. The molecule has 0 aromatic heterocycles. The zero-order chi connectivity index (χ0) is 25.5. The molecule has 3 aromatic rings. The van der Waals surface area contributed by atoms with Gasteiger partial charge in [-0.2, -0.15) is 5.26 Å². The minimum atomic E-state index is -1.36. The van der Waals surface area contributed by atoms with Crippen molar-refractivity contribution in [3.63, 3.8) is 0 Å². The van der Waals surface area contributed by atoms with Crippen molar-refractivity contribution in [3.8, 4) is 6.07 Å². The van der Waals surface area contributed by atoms with Crippen molar-refractivity contribution in [3.05, 3.63) is 92.2 Å². The first kappa shape index (κ1) is 25.6. The molecule has 0 unspecified atom stereocenters. The normalized spacial score (nSPS) is 17.9. The van der Waals surface area contributed by atoms with Crippen molar-refractivity contribution in [2.45, 2.75) is 10.3 Å². The smallest absolute Gasteiger partial charge is 0.255 e. The number of carbonyl (C=O) groups is 2. The summed E-state index contributed by atoms with van der Waals surface area (Å²) in [5.41, 5.74) is 0.932. The third-order valence-electron chi connectivity index (χ3n) is 5.41. The predicted octanol–water partition coefficient (Wildman–Crippen LogP) is 7.44. The summed E-state index contributed by atoms with van der Waals surface area (Å²) in [4.78, 5) is 25.5. The molecule has 0 saturated heterocycles. The number of carbonyl (C=O) groups excluding carboxylic acids is 2. The third kappa shape index (κ3) is 5.35. The van der Waals surface area contributed by atoms with E-state index in [-0.39, 0.29) is 21.8 Å². The molecule has 0 spiro atoms. The van der Waals surface area contributed by atoms with Gasteiger partial charge in [0.15, 0.2) is 0 Å². The Kier molecular flexibility index (Phi) is 7.19. The highest BCUT2D eigenvalue weighted by atomic mass is 35.5. The van der Waals surface area contributed by atoms with Gasteiger partial charge < -0.3 is 10.6 Å². The second-order valence-electron chi connectivity index (χ2n) is 7.78. The van der Waals surface area contributed by atoms with E-state index in [2.05, 4.69) is 10.6 Å². The van der Waals surface area contributed by atoms with Gasteiger partial charge in [-0.05, 0) is 60.2 Å². The topological polar surface area (TPSA) is 82.0 Å². The summed E-state index contributed by atoms with van der Waals surface area (Å²) in [5, 5.41) is 15.1. The summed E-state index contributed by atoms with van der Waals surface area (Å²) < 4.78 is 12.5. The van der Waals surface area contributed by atoms with E-state index < -0.39 is 33.8 Å². The number of nitrogens with zero attached hydrogens (tertiary/aromatic N) is 1. The molecule has 1 aliphatic carbocycles. The number of halogens is 6. The standard InChI is InChI=1S/C24H13Cl5FN3O2/c25-14-5-13(6-15(26)8-14)20-21(24(20,28)29)23(35)32-16-3-4-17(27)19(9-16)33-22(34)11-1-2-12(10-31)18(30)7-11/h1-9,20-21H,(H,32,35)(H,33,34)/t20-,21+/m0/s1. The van der Waals surface area contributed by atoms with E-state index in [1.807, 2.05) is 0 Å².